The maximum absolute atomic E-state index is 13.0. The van der Waals surface area contributed by atoms with E-state index in [-0.39, 0.29) is 29.6 Å². The number of ketones is 4. The lowest BCUT2D eigenvalue weighted by molar-refractivity contribution is -0.131. The molecule has 0 saturated heterocycles. The molecule has 2 aliphatic rings. The molecule has 1 aliphatic heterocycles. The highest BCUT2D eigenvalue weighted by Crippen LogP contribution is 2.40. The smallest absolute Gasteiger partial charge is 0.248 e. The molecular weight excluding hydrogens is 528 g/mol. The number of benzene rings is 1. The summed E-state index contributed by atoms with van der Waals surface area (Å²) in [4.78, 5) is 55.2. The number of nitrogens with one attached hydrogen (secondary N) is 4. The lowest BCUT2D eigenvalue weighted by Gasteiger charge is -2.24. The molecule has 4 rings (SSSR count). The second-order valence-electron chi connectivity index (χ2n) is 11.6. The number of aromatic amines is 1. The number of hydrogen-bond acceptors (Lipinski definition) is 7. The lowest BCUT2D eigenvalue weighted by atomic mass is 9.82. The van der Waals surface area contributed by atoms with Crippen molar-refractivity contribution in [3.63, 3.8) is 0 Å². The van der Waals surface area contributed by atoms with Crippen LogP contribution in [0.5, 0.6) is 0 Å². The van der Waals surface area contributed by atoms with Crippen molar-refractivity contribution >= 4 is 39.6 Å². The summed E-state index contributed by atoms with van der Waals surface area (Å²) in [6.07, 6.45) is 7.09. The Hall–Kier alpha value is -3.36. The summed E-state index contributed by atoms with van der Waals surface area (Å²) in [5.41, 5.74) is 4.59. The van der Waals surface area contributed by atoms with E-state index in [1.165, 1.54) is 6.08 Å². The van der Waals surface area contributed by atoms with Crippen LogP contribution in [0.15, 0.2) is 41.6 Å². The fraction of sp³-hybridized carbons (Fsp3) is 0.529. The van der Waals surface area contributed by atoms with Crippen LogP contribution in [0.1, 0.15) is 83.9 Å². The number of rotatable bonds is 17. The lowest BCUT2D eigenvalue weighted by Crippen LogP contribution is -2.39. The highest BCUT2D eigenvalue weighted by atomic mass is 16.2. The average molecular weight is 575 g/mol. The van der Waals surface area contributed by atoms with Crippen molar-refractivity contribution in [3.8, 4) is 0 Å². The first-order valence-electron chi connectivity index (χ1n) is 15.7. The molecule has 1 aliphatic carbocycles. The maximum Gasteiger partial charge on any atom is 0.248 e. The Kier molecular flexibility index (Phi) is 11.0. The molecule has 8 heteroatoms. The molecule has 0 fully saturated rings. The molecule has 0 spiro atoms. The molecule has 8 nitrogen and oxygen atoms in total. The first-order valence-corrected chi connectivity index (χ1v) is 15.7. The highest BCUT2D eigenvalue weighted by Gasteiger charge is 2.39. The van der Waals surface area contributed by atoms with Crippen LogP contribution < -0.4 is 16.0 Å². The molecule has 1 aromatic carbocycles. The van der Waals surface area contributed by atoms with E-state index in [1.54, 1.807) is 0 Å². The Balaban J connectivity index is 1.68. The third kappa shape index (κ3) is 6.98. The van der Waals surface area contributed by atoms with E-state index in [9.17, 15) is 19.2 Å². The Morgan fingerprint density at radius 3 is 2.26 bits per heavy atom. The minimum absolute atomic E-state index is 0.0985. The number of carbonyl (C=O) groups excluding carboxylic acids is 4. The predicted molar refractivity (Wildman–Crippen MR) is 167 cm³/mol. The topological polar surface area (TPSA) is 120 Å². The molecule has 1 aromatic heterocycles. The first kappa shape index (κ1) is 31.6. The molecule has 2 heterocycles. The Morgan fingerprint density at radius 1 is 0.929 bits per heavy atom. The van der Waals surface area contributed by atoms with Gasteiger partial charge in [-0.05, 0) is 81.0 Å². The van der Waals surface area contributed by atoms with Gasteiger partial charge < -0.3 is 20.9 Å². The van der Waals surface area contributed by atoms with Crippen LogP contribution in [0.25, 0.3) is 16.5 Å². The van der Waals surface area contributed by atoms with Crippen LogP contribution in [-0.4, -0.2) is 59.8 Å². The van der Waals surface area contributed by atoms with Crippen molar-refractivity contribution in [1.82, 2.24) is 20.9 Å². The zero-order valence-corrected chi connectivity index (χ0v) is 25.5. The molecule has 3 unspecified atom stereocenters. The monoisotopic (exact) mass is 574 g/mol. The summed E-state index contributed by atoms with van der Waals surface area (Å²) in [5.74, 6) is -0.768. The fourth-order valence-electron chi connectivity index (χ4n) is 6.16. The van der Waals surface area contributed by atoms with E-state index in [4.69, 9.17) is 0 Å². The third-order valence-corrected chi connectivity index (χ3v) is 8.26. The van der Waals surface area contributed by atoms with E-state index in [0.717, 1.165) is 66.5 Å². The number of hydrogen-bond donors (Lipinski definition) is 4. The summed E-state index contributed by atoms with van der Waals surface area (Å²) >= 11 is 0. The summed E-state index contributed by atoms with van der Waals surface area (Å²) in [7, 11) is 0. The van der Waals surface area contributed by atoms with Crippen LogP contribution in [0.4, 0.5) is 0 Å². The van der Waals surface area contributed by atoms with Gasteiger partial charge in [0.15, 0.2) is 0 Å². The van der Waals surface area contributed by atoms with Gasteiger partial charge in [0.25, 0.3) is 0 Å². The zero-order valence-electron chi connectivity index (χ0n) is 25.5. The number of fused-ring (bicyclic) bond motifs is 1. The molecule has 42 heavy (non-hydrogen) atoms. The zero-order chi connectivity index (χ0) is 30.2. The molecule has 0 radical (unpaired) electrons. The van der Waals surface area contributed by atoms with Crippen molar-refractivity contribution in [1.29, 1.82) is 0 Å². The second kappa shape index (κ2) is 14.7. The summed E-state index contributed by atoms with van der Waals surface area (Å²) in [5, 5.41) is 11.1. The molecule has 4 N–H and O–H groups in total. The summed E-state index contributed by atoms with van der Waals surface area (Å²) in [6.45, 7) is 10.2. The van der Waals surface area contributed by atoms with Crippen LogP contribution in [-0.2, 0) is 25.6 Å². The van der Waals surface area contributed by atoms with Crippen molar-refractivity contribution < 1.29 is 19.2 Å². The van der Waals surface area contributed by atoms with Gasteiger partial charge in [-0.15, -0.1) is 0 Å². The van der Waals surface area contributed by atoms with E-state index in [1.807, 2.05) is 32.0 Å². The Morgan fingerprint density at radius 2 is 1.60 bits per heavy atom. The molecule has 3 atom stereocenters. The standard InChI is InChI=1S/C34H46N4O4/c1-5-10-29(39)27(35-14-7-3)16-21-12-9-13-25-23(21)18-26(38-25)24-19-31(41)34(42)33-32(24)22(20-37-33)17-28(36-15-8-4)30(40)11-6-2/h9,12-13,18-19,22,27-28,35-38H,5-8,10-11,14-17,20H2,1-4H3. The normalized spacial score (nSPS) is 18.2. The van der Waals surface area contributed by atoms with Crippen LogP contribution >= 0.6 is 0 Å². The first-order chi connectivity index (χ1) is 20.3. The largest absolute Gasteiger partial charge is 0.381 e. The molecular formula is C34H46N4O4. The molecule has 226 valence electrons. The van der Waals surface area contributed by atoms with Crippen molar-refractivity contribution in [2.75, 3.05) is 19.6 Å². The number of H-pyrrole nitrogens is 1. The van der Waals surface area contributed by atoms with Crippen LogP contribution in [0, 0.1) is 5.92 Å². The molecule has 0 saturated carbocycles. The van der Waals surface area contributed by atoms with Gasteiger partial charge in [0.1, 0.15) is 11.6 Å². The summed E-state index contributed by atoms with van der Waals surface area (Å²) < 4.78 is 0. The van der Waals surface area contributed by atoms with E-state index < -0.39 is 11.6 Å². The quantitative estimate of drug-likeness (QED) is 0.161. The van der Waals surface area contributed by atoms with Gasteiger partial charge in [-0.2, -0.15) is 0 Å². The predicted octanol–water partition coefficient (Wildman–Crippen LogP) is 4.58. The third-order valence-electron chi connectivity index (χ3n) is 8.26. The molecule has 2 aromatic rings. The highest BCUT2D eigenvalue weighted by molar-refractivity contribution is 6.50. The number of allylic oxidation sites excluding steroid dienone is 3. The Bertz CT molecular complexity index is 1390. The number of aromatic nitrogens is 1. The van der Waals surface area contributed by atoms with Gasteiger partial charge in [-0.1, -0.05) is 39.8 Å². The van der Waals surface area contributed by atoms with Gasteiger partial charge >= 0.3 is 0 Å². The SMILES string of the molecule is CCCNC(Cc1cccc2[nH]c(C3=CC(=O)C(=O)C4=C3C(CC(NCCC)C(=O)CCC)CN4)cc12)C(=O)CCC. The number of carbonyl (C=O) groups is 4. The van der Waals surface area contributed by atoms with Crippen LogP contribution in [0.2, 0.25) is 0 Å². The minimum Gasteiger partial charge on any atom is -0.381 e. The van der Waals surface area contributed by atoms with E-state index in [0.29, 0.717) is 43.5 Å². The fourth-order valence-corrected chi connectivity index (χ4v) is 6.16. The van der Waals surface area contributed by atoms with Crippen molar-refractivity contribution in [3.05, 3.63) is 52.9 Å². The van der Waals surface area contributed by atoms with Crippen molar-refractivity contribution in [2.45, 2.75) is 91.1 Å². The molecule has 0 bridgehead atoms. The van der Waals surface area contributed by atoms with Gasteiger partial charge in [-0.3, -0.25) is 19.2 Å². The van der Waals surface area contributed by atoms with Gasteiger partial charge in [0.05, 0.1) is 17.8 Å². The molecule has 0 amide bonds. The minimum atomic E-state index is -0.549. The van der Waals surface area contributed by atoms with Gasteiger partial charge in [0.2, 0.25) is 11.6 Å². The average Bonchev–Trinajstić information content (AvgIpc) is 3.60. The Labute approximate surface area is 249 Å². The maximum atomic E-state index is 13.0. The van der Waals surface area contributed by atoms with Crippen LogP contribution in [0.3, 0.4) is 0 Å². The summed E-state index contributed by atoms with van der Waals surface area (Å²) in [6, 6.07) is 7.51. The van der Waals surface area contributed by atoms with E-state index in [2.05, 4.69) is 40.8 Å². The second-order valence-corrected chi connectivity index (χ2v) is 11.6. The van der Waals surface area contributed by atoms with Crippen molar-refractivity contribution in [2.24, 2.45) is 5.92 Å². The van der Waals surface area contributed by atoms with Gasteiger partial charge in [-0.25, -0.2) is 0 Å². The van der Waals surface area contributed by atoms with Gasteiger partial charge in [0, 0.05) is 47.5 Å². The van der Waals surface area contributed by atoms with E-state index >= 15 is 0 Å². The number of Topliss-reactive ketones (excluding diaryl/α,β-unsaturated/α-hetero) is 3.